The highest BCUT2D eigenvalue weighted by molar-refractivity contribution is 6.76. The number of amides is 2. The summed E-state index contributed by atoms with van der Waals surface area (Å²) >= 11 is 0. The van der Waals surface area contributed by atoms with Crippen LogP contribution >= 0.6 is 0 Å². The van der Waals surface area contributed by atoms with Crippen molar-refractivity contribution in [1.29, 1.82) is 0 Å². The van der Waals surface area contributed by atoms with Gasteiger partial charge < -0.3 is 15.8 Å². The van der Waals surface area contributed by atoms with Gasteiger partial charge >= 0.3 is 0 Å². The lowest BCUT2D eigenvalue weighted by Gasteiger charge is -2.41. The molecular weight excluding hydrogens is 652 g/mol. The van der Waals surface area contributed by atoms with Gasteiger partial charge in [0.1, 0.15) is 23.9 Å². The number of nitrogens with two attached hydrogens (primary N) is 1. The van der Waals surface area contributed by atoms with Gasteiger partial charge in [-0.1, -0.05) is 96.0 Å². The standard InChI is InChI=1S/C37H57FN8O3Si/c1-7-20-45-34(36(39)47)33(42-44-45)32(31(26-14-10-8-11-15-26)27-16-12-9-13-17-27)37(48)41-29-19-18-28(35(38)40-29)30-24(2)43-46(25(30)3)23-49-21-22-50(4,5)6/h18-19,26-27,31-32H,7-17,20-23H2,1-6H3,(H2,39,47)(H,40,41,48). The van der Waals surface area contributed by atoms with Gasteiger partial charge in [0, 0.05) is 38.0 Å². The smallest absolute Gasteiger partial charge is 0.268 e. The number of anilines is 1. The lowest BCUT2D eigenvalue weighted by Crippen LogP contribution is -2.39. The fraction of sp³-hybridized carbons (Fsp3) is 0.676. The second kappa shape index (κ2) is 16.7. The predicted molar refractivity (Wildman–Crippen MR) is 196 cm³/mol. The van der Waals surface area contributed by atoms with Crippen LogP contribution in [-0.4, -0.2) is 56.3 Å². The molecule has 2 aliphatic rings. The fourth-order valence-electron chi connectivity index (χ4n) is 8.24. The molecule has 3 heterocycles. The lowest BCUT2D eigenvalue weighted by atomic mass is 9.63. The molecule has 1 unspecified atom stereocenters. The van der Waals surface area contributed by atoms with Crippen molar-refractivity contribution in [2.75, 3.05) is 11.9 Å². The van der Waals surface area contributed by atoms with Crippen molar-refractivity contribution in [3.8, 4) is 11.1 Å². The molecule has 0 bridgehead atoms. The molecule has 2 aliphatic carbocycles. The van der Waals surface area contributed by atoms with E-state index in [1.807, 2.05) is 20.8 Å². The van der Waals surface area contributed by atoms with E-state index in [2.05, 4.69) is 45.4 Å². The molecule has 0 aliphatic heterocycles. The van der Waals surface area contributed by atoms with Gasteiger partial charge in [0.2, 0.25) is 11.9 Å². The molecule has 50 heavy (non-hydrogen) atoms. The number of aromatic nitrogens is 6. The van der Waals surface area contributed by atoms with Crippen LogP contribution in [0, 0.1) is 37.5 Å². The van der Waals surface area contributed by atoms with E-state index in [1.54, 1.807) is 16.8 Å². The van der Waals surface area contributed by atoms with Crippen LogP contribution in [-0.2, 0) is 22.8 Å². The molecule has 3 aromatic heterocycles. The summed E-state index contributed by atoms with van der Waals surface area (Å²) in [6, 6.07) is 4.33. The summed E-state index contributed by atoms with van der Waals surface area (Å²) in [7, 11) is -1.22. The van der Waals surface area contributed by atoms with Gasteiger partial charge in [0.15, 0.2) is 0 Å². The molecule has 2 fully saturated rings. The first-order valence-corrected chi connectivity index (χ1v) is 22.4. The van der Waals surface area contributed by atoms with E-state index < -0.39 is 25.8 Å². The Bertz CT molecular complexity index is 1600. The van der Waals surface area contributed by atoms with Crippen LogP contribution in [0.4, 0.5) is 10.2 Å². The number of rotatable bonds is 15. The molecule has 2 saturated carbocycles. The van der Waals surface area contributed by atoms with Gasteiger partial charge in [-0.3, -0.25) is 9.59 Å². The maximum absolute atomic E-state index is 15.9. The van der Waals surface area contributed by atoms with Crippen molar-refractivity contribution in [1.82, 2.24) is 29.8 Å². The van der Waals surface area contributed by atoms with Gasteiger partial charge in [-0.2, -0.15) is 9.49 Å². The third-order valence-corrected chi connectivity index (χ3v) is 12.4. The average molecular weight is 709 g/mol. The zero-order valence-electron chi connectivity index (χ0n) is 30.9. The van der Waals surface area contributed by atoms with E-state index in [9.17, 15) is 9.59 Å². The van der Waals surface area contributed by atoms with Gasteiger partial charge in [0.05, 0.1) is 11.6 Å². The van der Waals surface area contributed by atoms with E-state index in [4.69, 9.17) is 10.5 Å². The molecule has 5 rings (SSSR count). The number of hydrogen-bond acceptors (Lipinski definition) is 7. The molecule has 0 aromatic carbocycles. The van der Waals surface area contributed by atoms with Gasteiger partial charge in [-0.05, 0) is 56.2 Å². The van der Waals surface area contributed by atoms with Crippen LogP contribution < -0.4 is 11.1 Å². The number of aryl methyl sites for hydroxylation is 2. The van der Waals surface area contributed by atoms with Crippen molar-refractivity contribution >= 4 is 25.7 Å². The normalized spacial score (nSPS) is 17.0. The zero-order valence-corrected chi connectivity index (χ0v) is 31.9. The van der Waals surface area contributed by atoms with E-state index in [1.165, 1.54) is 17.5 Å². The number of pyridine rings is 1. The minimum atomic E-state index is -1.22. The zero-order chi connectivity index (χ0) is 36.0. The molecule has 0 radical (unpaired) electrons. The molecule has 2 amide bonds. The number of primary amides is 1. The number of ether oxygens (including phenoxy) is 1. The second-order valence-electron chi connectivity index (χ2n) is 15.7. The van der Waals surface area contributed by atoms with Gasteiger partial charge in [-0.15, -0.1) is 5.10 Å². The van der Waals surface area contributed by atoms with Crippen molar-refractivity contribution in [2.45, 2.75) is 136 Å². The van der Waals surface area contributed by atoms with Crippen molar-refractivity contribution in [3.05, 3.63) is 40.9 Å². The Hall–Kier alpha value is -3.45. The summed E-state index contributed by atoms with van der Waals surface area (Å²) in [4.78, 5) is 31.8. The maximum atomic E-state index is 15.9. The summed E-state index contributed by atoms with van der Waals surface area (Å²) < 4.78 is 25.1. The highest BCUT2D eigenvalue weighted by Crippen LogP contribution is 2.47. The average Bonchev–Trinajstić information content (AvgIpc) is 3.61. The predicted octanol–water partition coefficient (Wildman–Crippen LogP) is 7.61. The monoisotopic (exact) mass is 708 g/mol. The molecule has 0 spiro atoms. The second-order valence-corrected chi connectivity index (χ2v) is 21.3. The highest BCUT2D eigenvalue weighted by Gasteiger charge is 2.44. The minimum absolute atomic E-state index is 0.0475. The number of halogens is 1. The Kier molecular flexibility index (Phi) is 12.6. The van der Waals surface area contributed by atoms with E-state index >= 15 is 4.39 Å². The number of carbonyl (C=O) groups excluding carboxylic acids is 2. The van der Waals surface area contributed by atoms with Gasteiger partial charge in [0.25, 0.3) is 5.91 Å². The third kappa shape index (κ3) is 8.88. The highest BCUT2D eigenvalue weighted by atomic mass is 28.3. The molecular formula is C37H57FN8O3Si. The molecule has 3 N–H and O–H groups in total. The number of nitrogens with one attached hydrogen (secondary N) is 1. The summed E-state index contributed by atoms with van der Waals surface area (Å²) in [5.41, 5.74) is 8.90. The van der Waals surface area contributed by atoms with Crippen molar-refractivity contribution in [2.24, 2.45) is 23.5 Å². The summed E-state index contributed by atoms with van der Waals surface area (Å²) in [6.07, 6.45) is 11.6. The Morgan fingerprint density at radius 1 is 1.02 bits per heavy atom. The van der Waals surface area contributed by atoms with Crippen LogP contribution in [0.5, 0.6) is 0 Å². The quantitative estimate of drug-likeness (QED) is 0.0940. The molecule has 11 nitrogen and oxygen atoms in total. The van der Waals surface area contributed by atoms with Crippen LogP contribution in [0.2, 0.25) is 25.7 Å². The van der Waals surface area contributed by atoms with E-state index in [0.717, 1.165) is 69.5 Å². The molecule has 3 aromatic rings. The number of hydrogen-bond donors (Lipinski definition) is 2. The lowest BCUT2D eigenvalue weighted by molar-refractivity contribution is -0.120. The number of nitrogens with zero attached hydrogens (tertiary/aromatic N) is 6. The van der Waals surface area contributed by atoms with E-state index in [0.29, 0.717) is 54.2 Å². The topological polar surface area (TPSA) is 143 Å². The molecule has 0 saturated heterocycles. The minimum Gasteiger partial charge on any atom is -0.364 e. The van der Waals surface area contributed by atoms with Gasteiger partial charge in [-0.25, -0.2) is 14.3 Å². The Morgan fingerprint density at radius 2 is 1.66 bits per heavy atom. The van der Waals surface area contributed by atoms with Crippen LogP contribution in [0.3, 0.4) is 0 Å². The Balaban J connectivity index is 1.46. The Labute approximate surface area is 297 Å². The van der Waals surface area contributed by atoms with Crippen LogP contribution in [0.25, 0.3) is 11.1 Å². The SMILES string of the molecule is CCCn1nnc(C(C(=O)Nc2ccc(-c3c(C)nn(COCC[Si](C)(C)C)c3C)c(F)n2)C(C2CCCCC2)C2CCCCC2)c1C(N)=O. The third-order valence-electron chi connectivity index (χ3n) is 10.7. The maximum Gasteiger partial charge on any atom is 0.268 e. The summed E-state index contributed by atoms with van der Waals surface area (Å²) in [6.45, 7) is 14.1. The molecule has 1 atom stereocenters. The molecule has 13 heteroatoms. The first-order valence-electron chi connectivity index (χ1n) is 18.7. The number of carbonyl (C=O) groups is 2. The van der Waals surface area contributed by atoms with E-state index in [-0.39, 0.29) is 23.3 Å². The van der Waals surface area contributed by atoms with Crippen molar-refractivity contribution in [3.63, 3.8) is 0 Å². The van der Waals surface area contributed by atoms with Crippen LogP contribution in [0.15, 0.2) is 12.1 Å². The summed E-state index contributed by atoms with van der Waals surface area (Å²) in [5.74, 6) is -1.83. The first kappa shape index (κ1) is 37.8. The Morgan fingerprint density at radius 3 is 2.22 bits per heavy atom. The fourth-order valence-corrected chi connectivity index (χ4v) is 9.00. The van der Waals surface area contributed by atoms with Crippen LogP contribution in [0.1, 0.15) is 111 Å². The van der Waals surface area contributed by atoms with Crippen molar-refractivity contribution < 1.29 is 18.7 Å². The molecule has 274 valence electrons. The largest absolute Gasteiger partial charge is 0.364 e. The summed E-state index contributed by atoms with van der Waals surface area (Å²) in [5, 5.41) is 16.4. The first-order chi connectivity index (χ1) is 23.9.